The number of hydrogen-bond acceptors (Lipinski definition) is 2. The van der Waals surface area contributed by atoms with E-state index in [4.69, 9.17) is 0 Å². The highest BCUT2D eigenvalue weighted by atomic mass is 15.2. The van der Waals surface area contributed by atoms with Gasteiger partial charge in [0.25, 0.3) is 0 Å². The third-order valence-electron chi connectivity index (χ3n) is 2.70. The summed E-state index contributed by atoms with van der Waals surface area (Å²) >= 11 is 0. The molecule has 0 amide bonds. The van der Waals surface area contributed by atoms with Crippen LogP contribution in [-0.4, -0.2) is 37.6 Å². The summed E-state index contributed by atoms with van der Waals surface area (Å²) in [6.45, 7) is 12.4. The Labute approximate surface area is 90.1 Å². The molecule has 1 atom stereocenters. The van der Waals surface area contributed by atoms with Crippen LogP contribution in [0.2, 0.25) is 0 Å². The third kappa shape index (κ3) is 5.61. The van der Waals surface area contributed by atoms with Gasteiger partial charge in [0.05, 0.1) is 0 Å². The Hall–Kier alpha value is -0.0800. The van der Waals surface area contributed by atoms with Crippen molar-refractivity contribution < 1.29 is 0 Å². The summed E-state index contributed by atoms with van der Waals surface area (Å²) in [7, 11) is 2.07. The van der Waals surface area contributed by atoms with Gasteiger partial charge in [-0.05, 0) is 38.9 Å². The molecule has 1 aliphatic rings. The number of nitrogens with one attached hydrogen (secondary N) is 1. The third-order valence-corrected chi connectivity index (χ3v) is 2.70. The molecule has 1 unspecified atom stereocenters. The van der Waals surface area contributed by atoms with Gasteiger partial charge in [-0.1, -0.05) is 27.7 Å². The van der Waals surface area contributed by atoms with E-state index in [0.29, 0.717) is 0 Å². The Balaban J connectivity index is 0.000000791. The van der Waals surface area contributed by atoms with Crippen LogP contribution in [0.3, 0.4) is 0 Å². The van der Waals surface area contributed by atoms with Crippen molar-refractivity contribution in [1.82, 2.24) is 10.2 Å². The molecule has 0 saturated carbocycles. The predicted molar refractivity (Wildman–Crippen MR) is 64.7 cm³/mol. The largest absolute Gasteiger partial charge is 0.316 e. The molecule has 2 heteroatoms. The lowest BCUT2D eigenvalue weighted by atomic mass is 10.1. The van der Waals surface area contributed by atoms with Crippen molar-refractivity contribution >= 4 is 0 Å². The van der Waals surface area contributed by atoms with Gasteiger partial charge in [-0.3, -0.25) is 0 Å². The monoisotopic (exact) mass is 200 g/mol. The highest BCUT2D eigenvalue weighted by Gasteiger charge is 2.19. The standard InChI is InChI=1S/C10H22N2.C2H6/c1-9(2)4-6-12-7-5-10(8-12)11-3;1-2/h9-11H,4-8H2,1-3H3;1-2H3. The van der Waals surface area contributed by atoms with Gasteiger partial charge in [-0.25, -0.2) is 0 Å². The summed E-state index contributed by atoms with van der Waals surface area (Å²) in [6, 6.07) is 0.747. The summed E-state index contributed by atoms with van der Waals surface area (Å²) in [5, 5.41) is 3.34. The molecule has 1 aliphatic heterocycles. The van der Waals surface area contributed by atoms with Gasteiger partial charge in [0, 0.05) is 12.6 Å². The number of hydrogen-bond donors (Lipinski definition) is 1. The van der Waals surface area contributed by atoms with Crippen LogP contribution >= 0.6 is 0 Å². The lowest BCUT2D eigenvalue weighted by Crippen LogP contribution is -2.30. The molecule has 0 radical (unpaired) electrons. The first-order valence-electron chi connectivity index (χ1n) is 6.12. The average Bonchev–Trinajstić information content (AvgIpc) is 2.65. The smallest absolute Gasteiger partial charge is 0.0204 e. The predicted octanol–water partition coefficient (Wildman–Crippen LogP) is 2.35. The van der Waals surface area contributed by atoms with Gasteiger partial charge < -0.3 is 10.2 Å². The zero-order chi connectivity index (χ0) is 11.0. The van der Waals surface area contributed by atoms with E-state index in [-0.39, 0.29) is 0 Å². The molecule has 2 nitrogen and oxygen atoms in total. The molecule has 1 heterocycles. The van der Waals surface area contributed by atoms with Gasteiger partial charge in [-0.2, -0.15) is 0 Å². The second-order valence-electron chi connectivity index (χ2n) is 4.26. The Bertz CT molecular complexity index is 123. The highest BCUT2D eigenvalue weighted by molar-refractivity contribution is 4.79. The second-order valence-corrected chi connectivity index (χ2v) is 4.26. The van der Waals surface area contributed by atoms with Crippen LogP contribution in [0, 0.1) is 5.92 Å². The van der Waals surface area contributed by atoms with Gasteiger partial charge in [0.15, 0.2) is 0 Å². The van der Waals surface area contributed by atoms with Crippen LogP contribution in [0.15, 0.2) is 0 Å². The van der Waals surface area contributed by atoms with E-state index in [0.717, 1.165) is 12.0 Å². The van der Waals surface area contributed by atoms with Gasteiger partial charge in [0.2, 0.25) is 0 Å². The fraction of sp³-hybridized carbons (Fsp3) is 1.00. The molecular formula is C12H28N2. The second kappa shape index (κ2) is 8.25. The molecule has 86 valence electrons. The fourth-order valence-electron chi connectivity index (χ4n) is 1.71. The van der Waals surface area contributed by atoms with Crippen LogP contribution < -0.4 is 5.32 Å². The van der Waals surface area contributed by atoms with Crippen LogP contribution in [0.25, 0.3) is 0 Å². The minimum Gasteiger partial charge on any atom is -0.316 e. The first-order valence-corrected chi connectivity index (χ1v) is 6.12. The first-order chi connectivity index (χ1) is 6.72. The molecule has 1 rings (SSSR count). The van der Waals surface area contributed by atoms with E-state index in [1.807, 2.05) is 13.8 Å². The summed E-state index contributed by atoms with van der Waals surface area (Å²) in [4.78, 5) is 2.57. The van der Waals surface area contributed by atoms with Crippen molar-refractivity contribution in [3.63, 3.8) is 0 Å². The topological polar surface area (TPSA) is 15.3 Å². The van der Waals surface area contributed by atoms with Gasteiger partial charge in [0.1, 0.15) is 0 Å². The van der Waals surface area contributed by atoms with E-state index in [1.54, 1.807) is 0 Å². The van der Waals surface area contributed by atoms with Crippen molar-refractivity contribution in [2.75, 3.05) is 26.7 Å². The van der Waals surface area contributed by atoms with E-state index in [9.17, 15) is 0 Å². The number of likely N-dealkylation sites (N-methyl/N-ethyl adjacent to an activating group) is 1. The lowest BCUT2D eigenvalue weighted by molar-refractivity contribution is 0.306. The van der Waals surface area contributed by atoms with E-state index in [1.165, 1.54) is 32.5 Å². The number of rotatable bonds is 4. The Morgan fingerprint density at radius 2 is 2.00 bits per heavy atom. The zero-order valence-corrected chi connectivity index (χ0v) is 10.6. The maximum atomic E-state index is 3.34. The molecule has 0 aliphatic carbocycles. The molecule has 1 fully saturated rings. The minimum absolute atomic E-state index is 0.747. The van der Waals surface area contributed by atoms with Crippen molar-refractivity contribution in [3.05, 3.63) is 0 Å². The molecule has 14 heavy (non-hydrogen) atoms. The van der Waals surface area contributed by atoms with E-state index >= 15 is 0 Å². The Morgan fingerprint density at radius 3 is 2.43 bits per heavy atom. The van der Waals surface area contributed by atoms with E-state index in [2.05, 4.69) is 31.1 Å². The lowest BCUT2D eigenvalue weighted by Gasteiger charge is -2.16. The molecule has 0 bridgehead atoms. The molecule has 0 spiro atoms. The van der Waals surface area contributed by atoms with Crippen LogP contribution in [0.1, 0.15) is 40.5 Å². The fourth-order valence-corrected chi connectivity index (χ4v) is 1.71. The SMILES string of the molecule is CC.CNC1CCN(CCC(C)C)C1. The maximum Gasteiger partial charge on any atom is 0.0204 e. The van der Waals surface area contributed by atoms with E-state index < -0.39 is 0 Å². The van der Waals surface area contributed by atoms with Crippen molar-refractivity contribution in [2.24, 2.45) is 5.92 Å². The molecule has 1 N–H and O–H groups in total. The zero-order valence-electron chi connectivity index (χ0n) is 10.6. The van der Waals surface area contributed by atoms with Crippen molar-refractivity contribution in [2.45, 2.75) is 46.6 Å². The Kier molecular flexibility index (Phi) is 8.20. The summed E-state index contributed by atoms with van der Waals surface area (Å²) in [5.41, 5.74) is 0. The van der Waals surface area contributed by atoms with Gasteiger partial charge >= 0.3 is 0 Å². The van der Waals surface area contributed by atoms with Crippen molar-refractivity contribution in [3.8, 4) is 0 Å². The number of likely N-dealkylation sites (tertiary alicyclic amines) is 1. The summed E-state index contributed by atoms with van der Waals surface area (Å²) in [5.74, 6) is 0.846. The average molecular weight is 200 g/mol. The summed E-state index contributed by atoms with van der Waals surface area (Å²) in [6.07, 6.45) is 2.67. The van der Waals surface area contributed by atoms with Crippen LogP contribution in [0.5, 0.6) is 0 Å². The maximum absolute atomic E-state index is 3.34. The minimum atomic E-state index is 0.747. The van der Waals surface area contributed by atoms with Crippen LogP contribution in [0.4, 0.5) is 0 Å². The van der Waals surface area contributed by atoms with Crippen molar-refractivity contribution in [1.29, 1.82) is 0 Å². The highest BCUT2D eigenvalue weighted by Crippen LogP contribution is 2.10. The molecular weight excluding hydrogens is 172 g/mol. The molecule has 0 aromatic heterocycles. The van der Waals surface area contributed by atoms with Gasteiger partial charge in [-0.15, -0.1) is 0 Å². The summed E-state index contributed by atoms with van der Waals surface area (Å²) < 4.78 is 0. The molecule has 0 aromatic carbocycles. The normalized spacial score (nSPS) is 22.3. The Morgan fingerprint density at radius 1 is 1.36 bits per heavy atom. The number of nitrogens with zero attached hydrogens (tertiary/aromatic N) is 1. The first kappa shape index (κ1) is 13.9. The molecule has 0 aromatic rings. The van der Waals surface area contributed by atoms with Crippen LogP contribution in [-0.2, 0) is 0 Å². The quantitative estimate of drug-likeness (QED) is 0.749. The molecule has 1 saturated heterocycles.